The standard InChI is InChI=1S/C18H16ClN3O/c19-14-8-5-13(6-9-14)7-10-18(23)20-12-11-17-21-15-3-1-2-4-16(15)22-17/h1-10H,11-12H2,(H,20,23)(H,21,22)/p+1. The van der Waals surface area contributed by atoms with E-state index in [-0.39, 0.29) is 5.91 Å². The molecule has 4 nitrogen and oxygen atoms in total. The summed E-state index contributed by atoms with van der Waals surface area (Å²) in [7, 11) is 0. The molecule has 116 valence electrons. The number of aromatic amines is 2. The van der Waals surface area contributed by atoms with Crippen LogP contribution in [0.4, 0.5) is 0 Å². The topological polar surface area (TPSA) is 59.0 Å². The van der Waals surface area contributed by atoms with E-state index in [0.717, 1.165) is 28.8 Å². The molecule has 2 aromatic carbocycles. The number of imidazole rings is 1. The number of amides is 1. The fourth-order valence-electron chi connectivity index (χ4n) is 2.30. The largest absolute Gasteiger partial charge is 0.352 e. The molecule has 0 radical (unpaired) electrons. The number of hydrogen-bond donors (Lipinski definition) is 2. The summed E-state index contributed by atoms with van der Waals surface area (Å²) in [5.74, 6) is 0.879. The molecular formula is C18H17ClN3O+. The van der Waals surface area contributed by atoms with Crippen molar-refractivity contribution < 1.29 is 9.78 Å². The quantitative estimate of drug-likeness (QED) is 0.696. The maximum Gasteiger partial charge on any atom is 0.254 e. The Morgan fingerprint density at radius 2 is 1.96 bits per heavy atom. The van der Waals surface area contributed by atoms with Crippen LogP contribution in [-0.2, 0) is 11.2 Å². The lowest BCUT2D eigenvalue weighted by Gasteiger charge is -1.98. The molecule has 0 unspecified atom stereocenters. The zero-order valence-corrected chi connectivity index (χ0v) is 13.2. The van der Waals surface area contributed by atoms with Crippen LogP contribution in [0.15, 0.2) is 54.6 Å². The Bertz CT molecular complexity index is 804. The SMILES string of the molecule is O=C(C=Cc1ccc(Cl)cc1)NCCc1[nH]c2ccccc2[nH+]1. The first-order valence-corrected chi connectivity index (χ1v) is 7.79. The molecule has 0 aliphatic heterocycles. The molecule has 0 spiro atoms. The van der Waals surface area contributed by atoms with Crippen molar-refractivity contribution in [2.75, 3.05) is 6.54 Å². The fourth-order valence-corrected chi connectivity index (χ4v) is 2.42. The number of halogens is 1. The highest BCUT2D eigenvalue weighted by Crippen LogP contribution is 2.10. The van der Waals surface area contributed by atoms with Gasteiger partial charge in [-0.15, -0.1) is 0 Å². The molecule has 5 heteroatoms. The van der Waals surface area contributed by atoms with E-state index in [1.54, 1.807) is 18.2 Å². The van der Waals surface area contributed by atoms with Crippen molar-refractivity contribution in [1.29, 1.82) is 0 Å². The second kappa shape index (κ2) is 7.11. The van der Waals surface area contributed by atoms with Crippen molar-refractivity contribution >= 4 is 34.6 Å². The zero-order valence-electron chi connectivity index (χ0n) is 12.5. The summed E-state index contributed by atoms with van der Waals surface area (Å²) in [6.07, 6.45) is 4.01. The first kappa shape index (κ1) is 15.3. The first-order chi connectivity index (χ1) is 11.2. The smallest absolute Gasteiger partial charge is 0.254 e. The van der Waals surface area contributed by atoms with Gasteiger partial charge in [0.1, 0.15) is 0 Å². The number of rotatable bonds is 5. The summed E-state index contributed by atoms with van der Waals surface area (Å²) in [6, 6.07) is 15.3. The minimum Gasteiger partial charge on any atom is -0.352 e. The van der Waals surface area contributed by atoms with Gasteiger partial charge in [-0.1, -0.05) is 35.9 Å². The number of nitrogens with one attached hydrogen (secondary N) is 3. The number of hydrogen-bond acceptors (Lipinski definition) is 1. The highest BCUT2D eigenvalue weighted by molar-refractivity contribution is 6.30. The van der Waals surface area contributed by atoms with Crippen LogP contribution in [-0.4, -0.2) is 17.4 Å². The molecule has 0 bridgehead atoms. The molecular weight excluding hydrogens is 310 g/mol. The van der Waals surface area contributed by atoms with Crippen molar-refractivity contribution in [3.63, 3.8) is 0 Å². The molecule has 23 heavy (non-hydrogen) atoms. The number of carbonyl (C=O) groups excluding carboxylic acids is 1. The third kappa shape index (κ3) is 4.20. The van der Waals surface area contributed by atoms with Gasteiger partial charge in [0.25, 0.3) is 5.82 Å². The maximum atomic E-state index is 11.8. The Morgan fingerprint density at radius 3 is 2.74 bits per heavy atom. The molecule has 1 amide bonds. The van der Waals surface area contributed by atoms with Crippen molar-refractivity contribution in [1.82, 2.24) is 10.3 Å². The van der Waals surface area contributed by atoms with Crippen LogP contribution in [0.1, 0.15) is 11.4 Å². The van der Waals surface area contributed by atoms with E-state index in [1.165, 1.54) is 6.08 Å². The van der Waals surface area contributed by atoms with E-state index < -0.39 is 0 Å². The molecule has 3 rings (SSSR count). The van der Waals surface area contributed by atoms with Crippen molar-refractivity contribution in [2.45, 2.75) is 6.42 Å². The van der Waals surface area contributed by atoms with Crippen LogP contribution in [0, 0.1) is 0 Å². The van der Waals surface area contributed by atoms with E-state index in [1.807, 2.05) is 36.4 Å². The third-order valence-electron chi connectivity index (χ3n) is 3.47. The van der Waals surface area contributed by atoms with Gasteiger partial charge in [-0.2, -0.15) is 0 Å². The molecule has 0 aliphatic carbocycles. The molecule has 0 aliphatic rings. The van der Waals surface area contributed by atoms with Gasteiger partial charge in [0.15, 0.2) is 11.0 Å². The number of aromatic nitrogens is 2. The number of carbonyl (C=O) groups is 1. The Labute approximate surface area is 139 Å². The first-order valence-electron chi connectivity index (χ1n) is 7.41. The minimum atomic E-state index is -0.115. The second-order valence-corrected chi connectivity index (χ2v) is 5.64. The van der Waals surface area contributed by atoms with Crippen LogP contribution in [0.5, 0.6) is 0 Å². The van der Waals surface area contributed by atoms with Gasteiger partial charge in [-0.05, 0) is 35.9 Å². The van der Waals surface area contributed by atoms with Crippen LogP contribution in [0.25, 0.3) is 17.1 Å². The average molecular weight is 327 g/mol. The molecule has 0 saturated carbocycles. The molecule has 1 heterocycles. The maximum absolute atomic E-state index is 11.8. The molecule has 0 saturated heterocycles. The Morgan fingerprint density at radius 1 is 1.17 bits per heavy atom. The van der Waals surface area contributed by atoms with E-state index in [0.29, 0.717) is 11.6 Å². The molecule has 0 fully saturated rings. The highest BCUT2D eigenvalue weighted by Gasteiger charge is 2.08. The lowest BCUT2D eigenvalue weighted by molar-refractivity contribution is -0.357. The average Bonchev–Trinajstić information content (AvgIpc) is 2.97. The van der Waals surface area contributed by atoms with Gasteiger partial charge in [0.05, 0.1) is 6.42 Å². The zero-order chi connectivity index (χ0) is 16.1. The molecule has 1 aromatic heterocycles. The number of para-hydroxylation sites is 2. The summed E-state index contributed by atoms with van der Waals surface area (Å²) in [5, 5.41) is 3.55. The third-order valence-corrected chi connectivity index (χ3v) is 3.72. The van der Waals surface area contributed by atoms with E-state index in [4.69, 9.17) is 11.6 Å². The normalized spacial score (nSPS) is 11.2. The van der Waals surface area contributed by atoms with Crippen LogP contribution in [0.3, 0.4) is 0 Å². The summed E-state index contributed by atoms with van der Waals surface area (Å²) in [5.41, 5.74) is 3.07. The summed E-state index contributed by atoms with van der Waals surface area (Å²) >= 11 is 5.82. The number of fused-ring (bicyclic) bond motifs is 1. The fraction of sp³-hybridized carbons (Fsp3) is 0.111. The van der Waals surface area contributed by atoms with Gasteiger partial charge < -0.3 is 5.32 Å². The summed E-state index contributed by atoms with van der Waals surface area (Å²) in [6.45, 7) is 0.563. The number of H-pyrrole nitrogens is 2. The lowest BCUT2D eigenvalue weighted by atomic mass is 10.2. The summed E-state index contributed by atoms with van der Waals surface area (Å²) < 4.78 is 0. The monoisotopic (exact) mass is 326 g/mol. The van der Waals surface area contributed by atoms with Gasteiger partial charge in [0.2, 0.25) is 5.91 Å². The predicted octanol–water partition coefficient (Wildman–Crippen LogP) is 3.01. The Kier molecular flexibility index (Phi) is 4.74. The van der Waals surface area contributed by atoms with Gasteiger partial charge in [-0.3, -0.25) is 4.79 Å². The van der Waals surface area contributed by atoms with Gasteiger partial charge in [0, 0.05) is 17.6 Å². The second-order valence-electron chi connectivity index (χ2n) is 5.20. The minimum absolute atomic E-state index is 0.115. The predicted molar refractivity (Wildman–Crippen MR) is 92.1 cm³/mol. The van der Waals surface area contributed by atoms with E-state index >= 15 is 0 Å². The van der Waals surface area contributed by atoms with Crippen LogP contribution in [0.2, 0.25) is 5.02 Å². The van der Waals surface area contributed by atoms with Crippen molar-refractivity contribution in [3.8, 4) is 0 Å². The Hall–Kier alpha value is -2.59. The van der Waals surface area contributed by atoms with E-state index in [2.05, 4.69) is 15.3 Å². The van der Waals surface area contributed by atoms with Gasteiger partial charge >= 0.3 is 0 Å². The van der Waals surface area contributed by atoms with Gasteiger partial charge in [-0.25, -0.2) is 9.97 Å². The molecule has 3 aromatic rings. The van der Waals surface area contributed by atoms with Crippen LogP contribution >= 0.6 is 11.6 Å². The van der Waals surface area contributed by atoms with Crippen molar-refractivity contribution in [3.05, 3.63) is 71.0 Å². The Balaban J connectivity index is 1.49. The van der Waals surface area contributed by atoms with E-state index in [9.17, 15) is 4.79 Å². The molecule has 0 atom stereocenters. The molecule has 3 N–H and O–H groups in total. The lowest BCUT2D eigenvalue weighted by Crippen LogP contribution is -2.25. The van der Waals surface area contributed by atoms with Crippen LogP contribution < -0.4 is 10.3 Å². The number of benzene rings is 2. The highest BCUT2D eigenvalue weighted by atomic mass is 35.5. The van der Waals surface area contributed by atoms with Crippen molar-refractivity contribution in [2.24, 2.45) is 0 Å². The summed E-state index contributed by atoms with van der Waals surface area (Å²) in [4.78, 5) is 18.4.